The SMILES string of the molecule is CC(Nc1ccnc(C(=O)NCCc2ccccc2)c1)c1ccccc1. The molecule has 0 aliphatic heterocycles. The molecule has 26 heavy (non-hydrogen) atoms. The molecule has 1 unspecified atom stereocenters. The predicted molar refractivity (Wildman–Crippen MR) is 105 cm³/mol. The number of rotatable bonds is 7. The summed E-state index contributed by atoms with van der Waals surface area (Å²) in [6.45, 7) is 2.68. The summed E-state index contributed by atoms with van der Waals surface area (Å²) < 4.78 is 0. The second-order valence-corrected chi connectivity index (χ2v) is 6.20. The molecule has 1 amide bonds. The van der Waals surface area contributed by atoms with Gasteiger partial charge in [0.2, 0.25) is 0 Å². The van der Waals surface area contributed by atoms with E-state index in [1.54, 1.807) is 12.3 Å². The Hall–Kier alpha value is -3.14. The monoisotopic (exact) mass is 345 g/mol. The van der Waals surface area contributed by atoms with Crippen molar-refractivity contribution in [3.8, 4) is 0 Å². The molecule has 0 bridgehead atoms. The van der Waals surface area contributed by atoms with Gasteiger partial charge in [-0.3, -0.25) is 9.78 Å². The number of amides is 1. The summed E-state index contributed by atoms with van der Waals surface area (Å²) in [5, 5.41) is 6.35. The molecular formula is C22H23N3O. The number of hydrogen-bond acceptors (Lipinski definition) is 3. The first-order chi connectivity index (χ1) is 12.7. The lowest BCUT2D eigenvalue weighted by Gasteiger charge is -2.16. The van der Waals surface area contributed by atoms with E-state index < -0.39 is 0 Å². The van der Waals surface area contributed by atoms with Crippen LogP contribution in [0.3, 0.4) is 0 Å². The molecule has 0 fully saturated rings. The van der Waals surface area contributed by atoms with Crippen molar-refractivity contribution in [2.45, 2.75) is 19.4 Å². The molecule has 1 atom stereocenters. The lowest BCUT2D eigenvalue weighted by molar-refractivity contribution is 0.0949. The van der Waals surface area contributed by atoms with Crippen molar-refractivity contribution in [1.29, 1.82) is 0 Å². The summed E-state index contributed by atoms with van der Waals surface area (Å²) in [4.78, 5) is 16.5. The Labute approximate surface area is 154 Å². The van der Waals surface area contributed by atoms with Crippen LogP contribution in [0.15, 0.2) is 79.0 Å². The first-order valence-electron chi connectivity index (χ1n) is 8.82. The van der Waals surface area contributed by atoms with Gasteiger partial charge in [0.25, 0.3) is 5.91 Å². The fraction of sp³-hybridized carbons (Fsp3) is 0.182. The van der Waals surface area contributed by atoms with Gasteiger partial charge in [-0.2, -0.15) is 0 Å². The third kappa shape index (κ3) is 4.93. The van der Waals surface area contributed by atoms with E-state index in [2.05, 4.69) is 46.8 Å². The van der Waals surface area contributed by atoms with E-state index in [9.17, 15) is 4.79 Å². The van der Waals surface area contributed by atoms with Crippen molar-refractivity contribution < 1.29 is 4.79 Å². The predicted octanol–water partition coefficient (Wildman–Crippen LogP) is 4.23. The maximum atomic E-state index is 12.3. The third-order valence-electron chi connectivity index (χ3n) is 4.22. The van der Waals surface area contributed by atoms with Crippen molar-refractivity contribution in [3.05, 3.63) is 95.8 Å². The highest BCUT2D eigenvalue weighted by atomic mass is 16.1. The van der Waals surface area contributed by atoms with Crippen LogP contribution in [0, 0.1) is 0 Å². The Morgan fingerprint density at radius 3 is 2.42 bits per heavy atom. The Morgan fingerprint density at radius 1 is 1.00 bits per heavy atom. The standard InChI is InChI=1S/C22H23N3O/c1-17(19-10-6-3-7-11-19)25-20-13-15-23-21(16-20)22(26)24-14-12-18-8-4-2-5-9-18/h2-11,13,15-17H,12,14H2,1H3,(H,23,25)(H,24,26). The minimum atomic E-state index is -0.156. The molecule has 4 nitrogen and oxygen atoms in total. The lowest BCUT2D eigenvalue weighted by atomic mass is 10.1. The molecule has 4 heteroatoms. The average molecular weight is 345 g/mol. The van der Waals surface area contributed by atoms with Crippen molar-refractivity contribution >= 4 is 11.6 Å². The molecule has 3 rings (SSSR count). The number of nitrogens with zero attached hydrogens (tertiary/aromatic N) is 1. The summed E-state index contributed by atoms with van der Waals surface area (Å²) in [5.74, 6) is -0.156. The molecule has 132 valence electrons. The zero-order chi connectivity index (χ0) is 18.2. The zero-order valence-corrected chi connectivity index (χ0v) is 14.9. The van der Waals surface area contributed by atoms with Crippen LogP contribution in [0.25, 0.3) is 0 Å². The summed E-state index contributed by atoms with van der Waals surface area (Å²) in [7, 11) is 0. The van der Waals surface area contributed by atoms with Crippen LogP contribution in [-0.4, -0.2) is 17.4 Å². The molecular weight excluding hydrogens is 322 g/mol. The first-order valence-corrected chi connectivity index (χ1v) is 8.82. The van der Waals surface area contributed by atoms with Crippen LogP contribution >= 0.6 is 0 Å². The maximum Gasteiger partial charge on any atom is 0.269 e. The smallest absolute Gasteiger partial charge is 0.269 e. The van der Waals surface area contributed by atoms with Gasteiger partial charge < -0.3 is 10.6 Å². The van der Waals surface area contributed by atoms with Crippen LogP contribution in [0.4, 0.5) is 5.69 Å². The minimum absolute atomic E-state index is 0.146. The summed E-state index contributed by atoms with van der Waals surface area (Å²) in [6.07, 6.45) is 2.46. The maximum absolute atomic E-state index is 12.3. The van der Waals surface area contributed by atoms with Gasteiger partial charge in [0.1, 0.15) is 5.69 Å². The van der Waals surface area contributed by atoms with Gasteiger partial charge in [-0.1, -0.05) is 60.7 Å². The van der Waals surface area contributed by atoms with E-state index >= 15 is 0 Å². The van der Waals surface area contributed by atoms with Crippen LogP contribution < -0.4 is 10.6 Å². The van der Waals surface area contributed by atoms with E-state index in [1.165, 1.54) is 11.1 Å². The highest BCUT2D eigenvalue weighted by Crippen LogP contribution is 2.19. The zero-order valence-electron chi connectivity index (χ0n) is 14.9. The molecule has 2 aromatic carbocycles. The lowest BCUT2D eigenvalue weighted by Crippen LogP contribution is -2.26. The van der Waals surface area contributed by atoms with Crippen molar-refractivity contribution in [3.63, 3.8) is 0 Å². The van der Waals surface area contributed by atoms with Gasteiger partial charge in [0.05, 0.1) is 0 Å². The molecule has 0 saturated carbocycles. The molecule has 0 radical (unpaired) electrons. The Morgan fingerprint density at radius 2 is 1.69 bits per heavy atom. The van der Waals surface area contributed by atoms with Crippen LogP contribution in [-0.2, 0) is 6.42 Å². The van der Waals surface area contributed by atoms with Gasteiger partial charge in [0.15, 0.2) is 0 Å². The van der Waals surface area contributed by atoms with Crippen molar-refractivity contribution in [2.75, 3.05) is 11.9 Å². The molecule has 2 N–H and O–H groups in total. The highest BCUT2D eigenvalue weighted by Gasteiger charge is 2.09. The number of benzene rings is 2. The molecule has 0 spiro atoms. The Bertz CT molecular complexity index is 834. The van der Waals surface area contributed by atoms with Crippen LogP contribution in [0.5, 0.6) is 0 Å². The molecule has 1 aromatic heterocycles. The number of hydrogen-bond donors (Lipinski definition) is 2. The largest absolute Gasteiger partial charge is 0.378 e. The fourth-order valence-corrected chi connectivity index (χ4v) is 2.78. The van der Waals surface area contributed by atoms with E-state index in [-0.39, 0.29) is 11.9 Å². The van der Waals surface area contributed by atoms with Gasteiger partial charge in [-0.05, 0) is 36.6 Å². The number of anilines is 1. The minimum Gasteiger partial charge on any atom is -0.378 e. The molecule has 0 aliphatic carbocycles. The van der Waals surface area contributed by atoms with Crippen molar-refractivity contribution in [2.24, 2.45) is 0 Å². The van der Waals surface area contributed by atoms with E-state index in [0.717, 1.165) is 12.1 Å². The number of pyridine rings is 1. The van der Waals surface area contributed by atoms with Gasteiger partial charge in [-0.25, -0.2) is 0 Å². The van der Waals surface area contributed by atoms with Crippen LogP contribution in [0.2, 0.25) is 0 Å². The van der Waals surface area contributed by atoms with E-state index in [4.69, 9.17) is 0 Å². The Balaban J connectivity index is 1.57. The number of carbonyl (C=O) groups excluding carboxylic acids is 1. The third-order valence-corrected chi connectivity index (χ3v) is 4.22. The van der Waals surface area contributed by atoms with Gasteiger partial charge >= 0.3 is 0 Å². The van der Waals surface area contributed by atoms with Crippen molar-refractivity contribution in [1.82, 2.24) is 10.3 Å². The topological polar surface area (TPSA) is 54.0 Å². The number of nitrogens with one attached hydrogen (secondary N) is 2. The Kier molecular flexibility index (Phi) is 5.99. The normalized spacial score (nSPS) is 11.6. The van der Waals surface area contributed by atoms with E-state index in [1.807, 2.05) is 42.5 Å². The number of aromatic nitrogens is 1. The molecule has 3 aromatic rings. The summed E-state index contributed by atoms with van der Waals surface area (Å²) >= 11 is 0. The molecule has 0 saturated heterocycles. The fourth-order valence-electron chi connectivity index (χ4n) is 2.78. The summed E-state index contributed by atoms with van der Waals surface area (Å²) in [6, 6.07) is 24.1. The quantitative estimate of drug-likeness (QED) is 0.674. The number of carbonyl (C=O) groups is 1. The molecule has 0 aliphatic rings. The van der Waals surface area contributed by atoms with E-state index in [0.29, 0.717) is 12.2 Å². The second kappa shape index (κ2) is 8.81. The highest BCUT2D eigenvalue weighted by molar-refractivity contribution is 5.93. The average Bonchev–Trinajstić information content (AvgIpc) is 2.69. The van der Waals surface area contributed by atoms with Crippen LogP contribution in [0.1, 0.15) is 34.6 Å². The second-order valence-electron chi connectivity index (χ2n) is 6.20. The van der Waals surface area contributed by atoms with Gasteiger partial charge in [-0.15, -0.1) is 0 Å². The molecule has 1 heterocycles. The first kappa shape index (κ1) is 17.7. The van der Waals surface area contributed by atoms with Gasteiger partial charge in [0, 0.05) is 24.5 Å². The summed E-state index contributed by atoms with van der Waals surface area (Å²) in [5.41, 5.74) is 3.69.